The van der Waals surface area contributed by atoms with E-state index < -0.39 is 5.60 Å². The lowest BCUT2D eigenvalue weighted by atomic mass is 9.76. The van der Waals surface area contributed by atoms with Gasteiger partial charge in [0.2, 0.25) is 0 Å². The van der Waals surface area contributed by atoms with E-state index in [1.54, 1.807) is 6.92 Å². The number of ether oxygens (including phenoxy) is 1. The van der Waals surface area contributed by atoms with Gasteiger partial charge in [0.15, 0.2) is 0 Å². The lowest BCUT2D eigenvalue weighted by Crippen LogP contribution is -2.44. The summed E-state index contributed by atoms with van der Waals surface area (Å²) in [6, 6.07) is 0. The zero-order valence-corrected chi connectivity index (χ0v) is 12.7. The Hall–Kier alpha value is -0.570. The Morgan fingerprint density at radius 2 is 1.89 bits per heavy atom. The van der Waals surface area contributed by atoms with Crippen molar-refractivity contribution in [3.63, 3.8) is 0 Å². The van der Waals surface area contributed by atoms with Crippen LogP contribution in [0.2, 0.25) is 0 Å². The highest BCUT2D eigenvalue weighted by molar-refractivity contribution is 5.73. The van der Waals surface area contributed by atoms with Gasteiger partial charge >= 0.3 is 5.97 Å². The van der Waals surface area contributed by atoms with Crippen molar-refractivity contribution in [2.75, 3.05) is 6.61 Å². The highest BCUT2D eigenvalue weighted by atomic mass is 16.5. The summed E-state index contributed by atoms with van der Waals surface area (Å²) in [6.07, 6.45) is 3.86. The topological polar surface area (TPSA) is 46.5 Å². The molecule has 0 aromatic heterocycles. The average Bonchev–Trinajstić information content (AvgIpc) is 2.35. The molecule has 108 valence electrons. The first kappa shape index (κ1) is 17.4. The molecule has 0 aromatic rings. The molecule has 0 bridgehead atoms. The fourth-order valence-corrected chi connectivity index (χ4v) is 2.42. The van der Waals surface area contributed by atoms with Crippen molar-refractivity contribution < 1.29 is 14.6 Å². The van der Waals surface area contributed by atoms with Crippen molar-refractivity contribution in [3.05, 3.63) is 0 Å². The molecule has 0 saturated carbocycles. The van der Waals surface area contributed by atoms with Gasteiger partial charge in [-0.15, -0.1) is 0 Å². The Morgan fingerprint density at radius 1 is 1.28 bits per heavy atom. The highest BCUT2D eigenvalue weighted by Gasteiger charge is 2.40. The molecule has 0 aliphatic heterocycles. The summed E-state index contributed by atoms with van der Waals surface area (Å²) in [7, 11) is 0. The van der Waals surface area contributed by atoms with Gasteiger partial charge in [-0.3, -0.25) is 4.79 Å². The summed E-state index contributed by atoms with van der Waals surface area (Å²) in [5, 5.41) is 10.8. The van der Waals surface area contributed by atoms with Gasteiger partial charge in [0.05, 0.1) is 18.1 Å². The fourth-order valence-electron chi connectivity index (χ4n) is 2.42. The van der Waals surface area contributed by atoms with Gasteiger partial charge in [-0.1, -0.05) is 40.5 Å². The molecule has 18 heavy (non-hydrogen) atoms. The second-order valence-electron chi connectivity index (χ2n) is 5.27. The van der Waals surface area contributed by atoms with Crippen LogP contribution in [0.4, 0.5) is 0 Å². The summed E-state index contributed by atoms with van der Waals surface area (Å²) < 4.78 is 5.12. The molecular weight excluding hydrogens is 228 g/mol. The lowest BCUT2D eigenvalue weighted by Gasteiger charge is -2.36. The van der Waals surface area contributed by atoms with E-state index in [9.17, 15) is 9.90 Å². The van der Waals surface area contributed by atoms with Crippen LogP contribution in [0.25, 0.3) is 0 Å². The Kier molecular flexibility index (Phi) is 8.25. The van der Waals surface area contributed by atoms with Gasteiger partial charge in [-0.2, -0.15) is 0 Å². The van der Waals surface area contributed by atoms with Gasteiger partial charge in [0.1, 0.15) is 0 Å². The van der Waals surface area contributed by atoms with Crippen LogP contribution >= 0.6 is 0 Å². The van der Waals surface area contributed by atoms with Crippen molar-refractivity contribution in [2.24, 2.45) is 11.8 Å². The molecule has 3 atom stereocenters. The van der Waals surface area contributed by atoms with Crippen molar-refractivity contribution in [3.8, 4) is 0 Å². The number of hydrogen-bond acceptors (Lipinski definition) is 3. The molecule has 0 spiro atoms. The number of carbonyl (C=O) groups excluding carboxylic acids is 1. The number of hydrogen-bond donors (Lipinski definition) is 1. The average molecular weight is 258 g/mol. The maximum Gasteiger partial charge on any atom is 0.311 e. The third-order valence-corrected chi connectivity index (χ3v) is 3.81. The molecule has 0 saturated heterocycles. The summed E-state index contributed by atoms with van der Waals surface area (Å²) in [5.74, 6) is -0.211. The van der Waals surface area contributed by atoms with E-state index in [0.717, 1.165) is 12.8 Å². The molecule has 0 radical (unpaired) electrons. The normalized spacial score (nSPS) is 17.9. The predicted molar refractivity (Wildman–Crippen MR) is 74.3 cm³/mol. The van der Waals surface area contributed by atoms with Gasteiger partial charge in [-0.25, -0.2) is 0 Å². The molecule has 3 unspecified atom stereocenters. The zero-order chi connectivity index (χ0) is 14.2. The van der Waals surface area contributed by atoms with Crippen LogP contribution in [0.3, 0.4) is 0 Å². The number of rotatable bonds is 9. The molecule has 0 rings (SSSR count). The first-order valence-corrected chi connectivity index (χ1v) is 7.34. The quantitative estimate of drug-likeness (QED) is 0.643. The highest BCUT2D eigenvalue weighted by Crippen LogP contribution is 2.33. The second kappa shape index (κ2) is 8.52. The second-order valence-corrected chi connectivity index (χ2v) is 5.27. The Bertz CT molecular complexity index is 240. The molecule has 0 aliphatic carbocycles. The Labute approximate surface area is 112 Å². The predicted octanol–water partition coefficient (Wildman–Crippen LogP) is 3.54. The van der Waals surface area contributed by atoms with E-state index in [1.165, 1.54) is 0 Å². The van der Waals surface area contributed by atoms with Crippen LogP contribution < -0.4 is 0 Å². The SMILES string of the molecule is CCCC(C(=O)OCC)C(O)(CC)CC(C)CC. The molecule has 3 nitrogen and oxygen atoms in total. The summed E-state index contributed by atoms with van der Waals surface area (Å²) >= 11 is 0. The molecule has 0 aromatic carbocycles. The smallest absolute Gasteiger partial charge is 0.311 e. The van der Waals surface area contributed by atoms with Crippen molar-refractivity contribution in [1.82, 2.24) is 0 Å². The third kappa shape index (κ3) is 4.97. The standard InChI is InChI=1S/C15H30O3/c1-6-10-13(14(16)18-9-4)15(17,8-3)11-12(5)7-2/h12-13,17H,6-11H2,1-5H3. The van der Waals surface area contributed by atoms with E-state index in [2.05, 4.69) is 13.8 Å². The van der Waals surface area contributed by atoms with Crippen LogP contribution in [-0.2, 0) is 9.53 Å². The minimum atomic E-state index is -0.919. The van der Waals surface area contributed by atoms with Crippen LogP contribution in [-0.4, -0.2) is 23.3 Å². The van der Waals surface area contributed by atoms with Crippen molar-refractivity contribution in [2.45, 2.75) is 72.3 Å². The van der Waals surface area contributed by atoms with Crippen LogP contribution in [0.5, 0.6) is 0 Å². The van der Waals surface area contributed by atoms with Gasteiger partial charge < -0.3 is 9.84 Å². The monoisotopic (exact) mass is 258 g/mol. The summed E-state index contributed by atoms with van der Waals surface area (Å²) in [5.41, 5.74) is -0.919. The van der Waals surface area contributed by atoms with Gasteiger partial charge in [-0.05, 0) is 32.1 Å². The fraction of sp³-hybridized carbons (Fsp3) is 0.933. The summed E-state index contributed by atoms with van der Waals surface area (Å²) in [6.45, 7) is 10.4. The van der Waals surface area contributed by atoms with E-state index >= 15 is 0 Å². The maximum atomic E-state index is 12.0. The maximum absolute atomic E-state index is 12.0. The van der Waals surface area contributed by atoms with Crippen LogP contribution in [0.1, 0.15) is 66.7 Å². The van der Waals surface area contributed by atoms with Crippen molar-refractivity contribution in [1.29, 1.82) is 0 Å². The van der Waals surface area contributed by atoms with Crippen LogP contribution in [0.15, 0.2) is 0 Å². The molecule has 1 N–H and O–H groups in total. The van der Waals surface area contributed by atoms with E-state index in [0.29, 0.717) is 31.8 Å². The number of esters is 1. The largest absolute Gasteiger partial charge is 0.466 e. The molecule has 0 fully saturated rings. The van der Waals surface area contributed by atoms with E-state index in [4.69, 9.17) is 4.74 Å². The summed E-state index contributed by atoms with van der Waals surface area (Å²) in [4.78, 5) is 12.0. The third-order valence-electron chi connectivity index (χ3n) is 3.81. The zero-order valence-electron chi connectivity index (χ0n) is 12.7. The van der Waals surface area contributed by atoms with Crippen LogP contribution in [0, 0.1) is 11.8 Å². The Morgan fingerprint density at radius 3 is 2.28 bits per heavy atom. The van der Waals surface area contributed by atoms with Crippen molar-refractivity contribution >= 4 is 5.97 Å². The first-order chi connectivity index (χ1) is 8.45. The van der Waals surface area contributed by atoms with Gasteiger partial charge in [0, 0.05) is 0 Å². The number of aliphatic hydroxyl groups is 1. The molecular formula is C15H30O3. The van der Waals surface area contributed by atoms with E-state index in [-0.39, 0.29) is 11.9 Å². The van der Waals surface area contributed by atoms with Gasteiger partial charge in [0.25, 0.3) is 0 Å². The molecule has 3 heteroatoms. The van der Waals surface area contributed by atoms with E-state index in [1.807, 2.05) is 13.8 Å². The Balaban J connectivity index is 4.93. The minimum absolute atomic E-state index is 0.244. The minimum Gasteiger partial charge on any atom is -0.466 e. The molecule has 0 aliphatic rings. The first-order valence-electron chi connectivity index (χ1n) is 7.34. The number of carbonyl (C=O) groups is 1. The molecule has 0 amide bonds. The lowest BCUT2D eigenvalue weighted by molar-refractivity contribution is -0.161. The molecule has 0 heterocycles.